The Labute approximate surface area is 117 Å². The molecule has 4 nitrogen and oxygen atoms in total. The summed E-state index contributed by atoms with van der Waals surface area (Å²) in [5, 5.41) is 0. The highest BCUT2D eigenvalue weighted by Crippen LogP contribution is 2.31. The predicted octanol–water partition coefficient (Wildman–Crippen LogP) is 1.26. The molecule has 4 unspecified atom stereocenters. The van der Waals surface area contributed by atoms with E-state index in [4.69, 9.17) is 5.73 Å². The minimum absolute atomic E-state index is 0.146. The molecule has 5 heteroatoms. The zero-order valence-electron chi connectivity index (χ0n) is 12.2. The van der Waals surface area contributed by atoms with Crippen molar-refractivity contribution in [3.63, 3.8) is 0 Å². The minimum atomic E-state index is -2.81. The van der Waals surface area contributed by atoms with Crippen LogP contribution in [0.25, 0.3) is 0 Å². The Morgan fingerprint density at radius 3 is 2.68 bits per heavy atom. The Morgan fingerprint density at radius 1 is 1.32 bits per heavy atom. The average Bonchev–Trinajstić information content (AvgIpc) is 2.34. The number of rotatable bonds is 3. The highest BCUT2D eigenvalue weighted by atomic mass is 32.2. The molecule has 2 rings (SSSR count). The van der Waals surface area contributed by atoms with E-state index in [1.165, 1.54) is 19.3 Å². The lowest BCUT2D eigenvalue weighted by atomic mass is 9.77. The van der Waals surface area contributed by atoms with E-state index in [0.29, 0.717) is 30.0 Å². The summed E-state index contributed by atoms with van der Waals surface area (Å²) in [6, 6.07) is 0.446. The standard InChI is InChI=1S/C14H28N2O2S/c1-3-12-4-5-14(15)13(8-12)9-16-6-7-19(17,18)10-11(16)2/h11-14H,3-10,15H2,1-2H3. The molecular formula is C14H28N2O2S. The summed E-state index contributed by atoms with van der Waals surface area (Å²) in [6.45, 7) is 5.95. The van der Waals surface area contributed by atoms with Crippen molar-refractivity contribution in [2.24, 2.45) is 17.6 Å². The zero-order valence-corrected chi connectivity index (χ0v) is 13.0. The third kappa shape index (κ3) is 3.92. The Morgan fingerprint density at radius 2 is 2.05 bits per heavy atom. The van der Waals surface area contributed by atoms with Crippen LogP contribution in [0.4, 0.5) is 0 Å². The second-order valence-corrected chi connectivity index (χ2v) is 8.70. The number of hydrogen-bond acceptors (Lipinski definition) is 4. The average molecular weight is 288 g/mol. The molecule has 19 heavy (non-hydrogen) atoms. The Bertz CT molecular complexity index is 396. The lowest BCUT2D eigenvalue weighted by molar-refractivity contribution is 0.134. The summed E-state index contributed by atoms with van der Waals surface area (Å²) in [5.41, 5.74) is 6.27. The van der Waals surface area contributed by atoms with Crippen LogP contribution < -0.4 is 5.73 Å². The van der Waals surface area contributed by atoms with Gasteiger partial charge in [0.15, 0.2) is 9.84 Å². The lowest BCUT2D eigenvalue weighted by Crippen LogP contribution is -2.51. The van der Waals surface area contributed by atoms with Crippen LogP contribution >= 0.6 is 0 Å². The first kappa shape index (κ1) is 15.3. The summed E-state index contributed by atoms with van der Waals surface area (Å²) in [5.74, 6) is 1.98. The van der Waals surface area contributed by atoms with Gasteiger partial charge in [-0.25, -0.2) is 8.42 Å². The summed E-state index contributed by atoms with van der Waals surface area (Å²) in [4.78, 5) is 2.34. The first-order valence-electron chi connectivity index (χ1n) is 7.61. The second kappa shape index (κ2) is 6.10. The van der Waals surface area contributed by atoms with Crippen LogP contribution in [-0.4, -0.2) is 50.0 Å². The second-order valence-electron chi connectivity index (χ2n) is 6.47. The molecular weight excluding hydrogens is 260 g/mol. The molecule has 1 aliphatic carbocycles. The van der Waals surface area contributed by atoms with E-state index in [9.17, 15) is 8.42 Å². The van der Waals surface area contributed by atoms with Crippen LogP contribution in [0.3, 0.4) is 0 Å². The molecule has 1 heterocycles. The number of hydrogen-bond donors (Lipinski definition) is 1. The molecule has 112 valence electrons. The largest absolute Gasteiger partial charge is 0.327 e. The zero-order chi connectivity index (χ0) is 14.0. The first-order valence-corrected chi connectivity index (χ1v) is 9.43. The smallest absolute Gasteiger partial charge is 0.153 e. The fourth-order valence-corrected chi connectivity index (χ4v) is 5.20. The van der Waals surface area contributed by atoms with Crippen molar-refractivity contribution >= 4 is 9.84 Å². The molecule has 0 aromatic rings. The normalized spacial score (nSPS) is 40.2. The molecule has 2 N–H and O–H groups in total. The topological polar surface area (TPSA) is 63.4 Å². The quantitative estimate of drug-likeness (QED) is 0.849. The Balaban J connectivity index is 1.93. The summed E-state index contributed by atoms with van der Waals surface area (Å²) >= 11 is 0. The maximum absolute atomic E-state index is 11.6. The van der Waals surface area contributed by atoms with Crippen molar-refractivity contribution in [1.82, 2.24) is 4.90 Å². The van der Waals surface area contributed by atoms with Crippen molar-refractivity contribution in [2.45, 2.75) is 51.6 Å². The molecule has 0 bridgehead atoms. The van der Waals surface area contributed by atoms with Crippen molar-refractivity contribution in [3.05, 3.63) is 0 Å². The van der Waals surface area contributed by atoms with E-state index in [-0.39, 0.29) is 6.04 Å². The SMILES string of the molecule is CCC1CCC(N)C(CN2CCS(=O)(=O)CC2C)C1. The Hall–Kier alpha value is -0.130. The van der Waals surface area contributed by atoms with Gasteiger partial charge < -0.3 is 5.73 Å². The Kier molecular flexibility index (Phi) is 4.90. The van der Waals surface area contributed by atoms with E-state index < -0.39 is 9.84 Å². The van der Waals surface area contributed by atoms with Gasteiger partial charge >= 0.3 is 0 Å². The number of sulfone groups is 1. The van der Waals surface area contributed by atoms with E-state index >= 15 is 0 Å². The molecule has 0 radical (unpaired) electrons. The van der Waals surface area contributed by atoms with Crippen molar-refractivity contribution in [3.8, 4) is 0 Å². The molecule has 0 spiro atoms. The van der Waals surface area contributed by atoms with Gasteiger partial charge in [-0.15, -0.1) is 0 Å². The van der Waals surface area contributed by atoms with Gasteiger partial charge in [-0.3, -0.25) is 4.90 Å². The highest BCUT2D eigenvalue weighted by molar-refractivity contribution is 7.91. The van der Waals surface area contributed by atoms with Crippen LogP contribution in [-0.2, 0) is 9.84 Å². The van der Waals surface area contributed by atoms with Crippen molar-refractivity contribution in [2.75, 3.05) is 24.6 Å². The number of nitrogens with two attached hydrogens (primary N) is 1. The van der Waals surface area contributed by atoms with Gasteiger partial charge in [0.1, 0.15) is 0 Å². The van der Waals surface area contributed by atoms with E-state index in [1.54, 1.807) is 0 Å². The van der Waals surface area contributed by atoms with Crippen LogP contribution in [0.2, 0.25) is 0 Å². The van der Waals surface area contributed by atoms with Gasteiger partial charge in [-0.2, -0.15) is 0 Å². The molecule has 2 aliphatic rings. The van der Waals surface area contributed by atoms with Gasteiger partial charge in [0, 0.05) is 25.2 Å². The van der Waals surface area contributed by atoms with Crippen LogP contribution in [0.5, 0.6) is 0 Å². The third-order valence-corrected chi connectivity index (χ3v) is 6.80. The van der Waals surface area contributed by atoms with Gasteiger partial charge in [0.25, 0.3) is 0 Å². The predicted molar refractivity (Wildman–Crippen MR) is 78.8 cm³/mol. The molecule has 2 fully saturated rings. The van der Waals surface area contributed by atoms with Gasteiger partial charge in [0.05, 0.1) is 11.5 Å². The molecule has 1 saturated carbocycles. The monoisotopic (exact) mass is 288 g/mol. The summed E-state index contributed by atoms with van der Waals surface area (Å²) < 4.78 is 23.2. The van der Waals surface area contributed by atoms with Gasteiger partial charge in [-0.1, -0.05) is 13.3 Å². The minimum Gasteiger partial charge on any atom is -0.327 e. The molecule has 0 aromatic carbocycles. The fourth-order valence-electron chi connectivity index (χ4n) is 3.57. The molecule has 0 amide bonds. The highest BCUT2D eigenvalue weighted by Gasteiger charge is 2.33. The van der Waals surface area contributed by atoms with Crippen molar-refractivity contribution in [1.29, 1.82) is 0 Å². The van der Waals surface area contributed by atoms with Crippen LogP contribution in [0, 0.1) is 11.8 Å². The van der Waals surface area contributed by atoms with Gasteiger partial charge in [0.2, 0.25) is 0 Å². The first-order chi connectivity index (χ1) is 8.91. The molecule has 1 saturated heterocycles. The van der Waals surface area contributed by atoms with Gasteiger partial charge in [-0.05, 0) is 38.0 Å². The molecule has 1 aliphatic heterocycles. The maximum atomic E-state index is 11.6. The third-order valence-electron chi connectivity index (χ3n) is 5.00. The molecule has 4 atom stereocenters. The summed E-state index contributed by atoms with van der Waals surface area (Å²) in [6.07, 6.45) is 4.85. The van der Waals surface area contributed by atoms with E-state index in [2.05, 4.69) is 11.8 Å². The van der Waals surface area contributed by atoms with Crippen LogP contribution in [0.15, 0.2) is 0 Å². The van der Waals surface area contributed by atoms with E-state index in [1.807, 2.05) is 6.92 Å². The van der Waals surface area contributed by atoms with E-state index in [0.717, 1.165) is 18.9 Å². The van der Waals surface area contributed by atoms with Crippen LogP contribution in [0.1, 0.15) is 39.5 Å². The molecule has 0 aromatic heterocycles. The lowest BCUT2D eigenvalue weighted by Gasteiger charge is -2.40. The van der Waals surface area contributed by atoms with Crippen molar-refractivity contribution < 1.29 is 8.42 Å². The fraction of sp³-hybridized carbons (Fsp3) is 1.00. The maximum Gasteiger partial charge on any atom is 0.153 e. The summed E-state index contributed by atoms with van der Waals surface area (Å²) in [7, 11) is -2.81. The number of nitrogens with zero attached hydrogens (tertiary/aromatic N) is 1.